The molecule has 92 valence electrons. The number of hydrogen-bond donors (Lipinski definition) is 1. The third-order valence-electron chi connectivity index (χ3n) is 4.25. The number of fused-ring (bicyclic) bond motifs is 1. The first-order chi connectivity index (χ1) is 8.33. The van der Waals surface area contributed by atoms with Gasteiger partial charge in [0.15, 0.2) is 0 Å². The van der Waals surface area contributed by atoms with Crippen LogP contribution in [0.15, 0.2) is 18.2 Å². The van der Waals surface area contributed by atoms with Gasteiger partial charge in [-0.25, -0.2) is 0 Å². The van der Waals surface area contributed by atoms with Crippen LogP contribution in [0.3, 0.4) is 0 Å². The van der Waals surface area contributed by atoms with Crippen LogP contribution in [0.1, 0.15) is 29.5 Å². The summed E-state index contributed by atoms with van der Waals surface area (Å²) in [6, 6.07) is 7.83. The van der Waals surface area contributed by atoms with Crippen LogP contribution >= 0.6 is 0 Å². The van der Waals surface area contributed by atoms with Gasteiger partial charge < -0.3 is 5.32 Å². The van der Waals surface area contributed by atoms with E-state index in [1.54, 1.807) is 11.1 Å². The van der Waals surface area contributed by atoms with Crippen LogP contribution < -0.4 is 5.32 Å². The number of likely N-dealkylation sites (N-methyl/N-ethyl adjacent to an activating group) is 1. The fourth-order valence-electron chi connectivity index (χ4n) is 3.16. The lowest BCUT2D eigenvalue weighted by molar-refractivity contribution is 0.249. The van der Waals surface area contributed by atoms with Crippen LogP contribution in [-0.2, 0) is 19.4 Å². The molecule has 3 rings (SSSR count). The highest BCUT2D eigenvalue weighted by Crippen LogP contribution is 2.23. The summed E-state index contributed by atoms with van der Waals surface area (Å²) in [6.45, 7) is 3.43. The van der Waals surface area contributed by atoms with Crippen molar-refractivity contribution in [3.63, 3.8) is 0 Å². The van der Waals surface area contributed by atoms with E-state index in [1.165, 1.54) is 37.8 Å². The molecule has 17 heavy (non-hydrogen) atoms. The Labute approximate surface area is 104 Å². The van der Waals surface area contributed by atoms with Crippen LogP contribution in [0.5, 0.6) is 0 Å². The van der Waals surface area contributed by atoms with Crippen molar-refractivity contribution in [2.75, 3.05) is 20.1 Å². The Kier molecular flexibility index (Phi) is 3.17. The van der Waals surface area contributed by atoms with Gasteiger partial charge in [-0.15, -0.1) is 0 Å². The zero-order valence-electron chi connectivity index (χ0n) is 10.7. The van der Waals surface area contributed by atoms with Gasteiger partial charge in [0.1, 0.15) is 0 Å². The lowest BCUT2D eigenvalue weighted by Crippen LogP contribution is -2.32. The van der Waals surface area contributed by atoms with E-state index in [4.69, 9.17) is 0 Å². The van der Waals surface area contributed by atoms with Gasteiger partial charge in [-0.05, 0) is 56.0 Å². The van der Waals surface area contributed by atoms with Gasteiger partial charge >= 0.3 is 0 Å². The van der Waals surface area contributed by atoms with Crippen LogP contribution in [-0.4, -0.2) is 31.1 Å². The van der Waals surface area contributed by atoms with E-state index in [0.717, 1.165) is 19.1 Å². The molecule has 1 aromatic carbocycles. The summed E-state index contributed by atoms with van der Waals surface area (Å²) in [5.41, 5.74) is 4.67. The molecule has 0 aromatic heterocycles. The van der Waals surface area contributed by atoms with E-state index >= 15 is 0 Å². The minimum absolute atomic E-state index is 0.725. The first-order valence-corrected chi connectivity index (χ1v) is 6.84. The molecule has 0 saturated carbocycles. The van der Waals surface area contributed by atoms with Crippen molar-refractivity contribution < 1.29 is 0 Å². The Balaban J connectivity index is 1.68. The third kappa shape index (κ3) is 2.38. The first-order valence-electron chi connectivity index (χ1n) is 6.84. The monoisotopic (exact) mass is 230 g/mol. The SMILES string of the molecule is CN(Cc1ccc2c(c1)CCC2)C1CCNC1. The van der Waals surface area contributed by atoms with Crippen molar-refractivity contribution in [3.05, 3.63) is 34.9 Å². The fourth-order valence-corrected chi connectivity index (χ4v) is 3.16. The summed E-state index contributed by atoms with van der Waals surface area (Å²) in [5.74, 6) is 0. The Morgan fingerprint density at radius 3 is 3.00 bits per heavy atom. The van der Waals surface area contributed by atoms with Gasteiger partial charge in [-0.2, -0.15) is 0 Å². The standard InChI is InChI=1S/C15H22N2/c1-17(15-7-8-16-10-15)11-12-5-6-13-3-2-4-14(13)9-12/h5-6,9,15-16H,2-4,7-8,10-11H2,1H3. The molecule has 1 aliphatic carbocycles. The largest absolute Gasteiger partial charge is 0.315 e. The molecule has 0 radical (unpaired) electrons. The number of benzene rings is 1. The van der Waals surface area contributed by atoms with E-state index in [-0.39, 0.29) is 0 Å². The summed E-state index contributed by atoms with van der Waals surface area (Å²) >= 11 is 0. The second kappa shape index (κ2) is 4.79. The average molecular weight is 230 g/mol. The molecule has 1 aliphatic heterocycles. The lowest BCUT2D eigenvalue weighted by Gasteiger charge is -2.23. The first kappa shape index (κ1) is 11.2. The van der Waals surface area contributed by atoms with Crippen molar-refractivity contribution in [3.8, 4) is 0 Å². The van der Waals surface area contributed by atoms with E-state index in [1.807, 2.05) is 0 Å². The van der Waals surface area contributed by atoms with Crippen molar-refractivity contribution in [1.82, 2.24) is 10.2 Å². The lowest BCUT2D eigenvalue weighted by atomic mass is 10.1. The number of nitrogens with zero attached hydrogens (tertiary/aromatic N) is 1. The molecule has 1 saturated heterocycles. The van der Waals surface area contributed by atoms with Crippen LogP contribution in [0, 0.1) is 0 Å². The summed E-state index contributed by atoms with van der Waals surface area (Å²) in [7, 11) is 2.25. The average Bonchev–Trinajstić information content (AvgIpc) is 2.99. The fraction of sp³-hybridized carbons (Fsp3) is 0.600. The minimum atomic E-state index is 0.725. The van der Waals surface area contributed by atoms with Crippen LogP contribution in [0.25, 0.3) is 0 Å². The molecule has 2 aliphatic rings. The molecule has 1 heterocycles. The summed E-state index contributed by atoms with van der Waals surface area (Å²) < 4.78 is 0. The van der Waals surface area contributed by atoms with Crippen molar-refractivity contribution in [1.29, 1.82) is 0 Å². The molecule has 1 unspecified atom stereocenters. The molecule has 2 heteroatoms. The van der Waals surface area contributed by atoms with Gasteiger partial charge in [0, 0.05) is 19.1 Å². The molecular weight excluding hydrogens is 208 g/mol. The molecule has 2 nitrogen and oxygen atoms in total. The van der Waals surface area contributed by atoms with Gasteiger partial charge in [-0.1, -0.05) is 18.2 Å². The van der Waals surface area contributed by atoms with Crippen LogP contribution in [0.2, 0.25) is 0 Å². The summed E-state index contributed by atoms with van der Waals surface area (Å²) in [5, 5.41) is 3.44. The minimum Gasteiger partial charge on any atom is -0.315 e. The highest BCUT2D eigenvalue weighted by atomic mass is 15.2. The number of nitrogens with one attached hydrogen (secondary N) is 1. The van der Waals surface area contributed by atoms with Crippen molar-refractivity contribution >= 4 is 0 Å². The van der Waals surface area contributed by atoms with Gasteiger partial charge in [0.05, 0.1) is 0 Å². The normalized spacial score (nSPS) is 23.3. The number of aryl methyl sites for hydroxylation is 2. The van der Waals surface area contributed by atoms with Crippen molar-refractivity contribution in [2.45, 2.75) is 38.3 Å². The topological polar surface area (TPSA) is 15.3 Å². The Morgan fingerprint density at radius 1 is 1.29 bits per heavy atom. The Bertz CT molecular complexity index is 394. The predicted octanol–water partition coefficient (Wildman–Crippen LogP) is 1.97. The van der Waals surface area contributed by atoms with E-state index in [0.29, 0.717) is 0 Å². The van der Waals surface area contributed by atoms with E-state index in [9.17, 15) is 0 Å². The molecule has 1 aromatic rings. The molecular formula is C15H22N2. The van der Waals surface area contributed by atoms with E-state index in [2.05, 4.69) is 35.5 Å². The molecule has 1 fully saturated rings. The highest BCUT2D eigenvalue weighted by Gasteiger charge is 2.19. The third-order valence-corrected chi connectivity index (χ3v) is 4.25. The zero-order valence-corrected chi connectivity index (χ0v) is 10.7. The highest BCUT2D eigenvalue weighted by molar-refractivity contribution is 5.35. The van der Waals surface area contributed by atoms with Crippen LogP contribution in [0.4, 0.5) is 0 Å². The summed E-state index contributed by atoms with van der Waals surface area (Å²) in [6.07, 6.45) is 5.22. The maximum atomic E-state index is 3.44. The molecule has 1 atom stereocenters. The molecule has 0 spiro atoms. The van der Waals surface area contributed by atoms with Gasteiger partial charge in [0.25, 0.3) is 0 Å². The zero-order chi connectivity index (χ0) is 11.7. The Hall–Kier alpha value is -0.860. The smallest absolute Gasteiger partial charge is 0.0234 e. The van der Waals surface area contributed by atoms with Gasteiger partial charge in [0.2, 0.25) is 0 Å². The number of rotatable bonds is 3. The second-order valence-corrected chi connectivity index (χ2v) is 5.52. The Morgan fingerprint density at radius 2 is 2.18 bits per heavy atom. The van der Waals surface area contributed by atoms with Gasteiger partial charge in [-0.3, -0.25) is 4.90 Å². The van der Waals surface area contributed by atoms with Crippen molar-refractivity contribution in [2.24, 2.45) is 0 Å². The summed E-state index contributed by atoms with van der Waals surface area (Å²) in [4.78, 5) is 2.50. The maximum Gasteiger partial charge on any atom is 0.0234 e. The second-order valence-electron chi connectivity index (χ2n) is 5.52. The molecule has 1 N–H and O–H groups in total. The molecule has 0 amide bonds. The van der Waals surface area contributed by atoms with E-state index < -0.39 is 0 Å². The number of hydrogen-bond acceptors (Lipinski definition) is 2. The maximum absolute atomic E-state index is 3.44. The molecule has 0 bridgehead atoms. The predicted molar refractivity (Wildman–Crippen MR) is 71.2 cm³/mol. The quantitative estimate of drug-likeness (QED) is 0.854.